The number of thioether (sulfide) groups is 1. The molecule has 3 heterocycles. The molecule has 8 heteroatoms. The van der Waals surface area contributed by atoms with Crippen LogP contribution in [0.15, 0.2) is 52.3 Å². The second-order valence-electron chi connectivity index (χ2n) is 8.85. The van der Waals surface area contributed by atoms with Crippen molar-refractivity contribution < 1.29 is 4.79 Å². The second kappa shape index (κ2) is 11.2. The zero-order chi connectivity index (χ0) is 24.9. The SMILES string of the molecule is CCCCCCNc1nc2ccc(C)cn2c(=O)c1/C=C1/SC(=S)N(Cc2ccc(C)cc2)C1=O. The molecule has 0 radical (unpaired) electrons. The number of hydrogen-bond acceptors (Lipinski definition) is 6. The van der Waals surface area contributed by atoms with Crippen LogP contribution >= 0.6 is 24.0 Å². The lowest BCUT2D eigenvalue weighted by atomic mass is 10.1. The lowest BCUT2D eigenvalue weighted by Crippen LogP contribution is -2.27. The monoisotopic (exact) mass is 506 g/mol. The molecule has 35 heavy (non-hydrogen) atoms. The molecular formula is C27H30N4O2S2. The quantitative estimate of drug-likeness (QED) is 0.228. The van der Waals surface area contributed by atoms with Crippen molar-refractivity contribution >= 4 is 51.7 Å². The van der Waals surface area contributed by atoms with Gasteiger partial charge >= 0.3 is 0 Å². The van der Waals surface area contributed by atoms with Gasteiger partial charge in [0, 0.05) is 12.7 Å². The van der Waals surface area contributed by atoms with Gasteiger partial charge in [-0.25, -0.2) is 4.98 Å². The molecule has 1 aliphatic heterocycles. The van der Waals surface area contributed by atoms with Gasteiger partial charge in [-0.05, 0) is 43.5 Å². The van der Waals surface area contributed by atoms with Crippen molar-refractivity contribution in [3.8, 4) is 0 Å². The number of nitrogens with one attached hydrogen (secondary N) is 1. The summed E-state index contributed by atoms with van der Waals surface area (Å²) < 4.78 is 2.02. The summed E-state index contributed by atoms with van der Waals surface area (Å²) in [6, 6.07) is 11.8. The van der Waals surface area contributed by atoms with Crippen LogP contribution in [0, 0.1) is 13.8 Å². The molecule has 1 aliphatic rings. The molecule has 0 spiro atoms. The maximum absolute atomic E-state index is 13.5. The highest BCUT2D eigenvalue weighted by Gasteiger charge is 2.32. The van der Waals surface area contributed by atoms with Gasteiger partial charge in [0.05, 0.1) is 17.0 Å². The van der Waals surface area contributed by atoms with Gasteiger partial charge in [0.2, 0.25) is 0 Å². The molecule has 1 aromatic carbocycles. The number of aromatic nitrogens is 2. The topological polar surface area (TPSA) is 66.7 Å². The molecule has 6 nitrogen and oxygen atoms in total. The van der Waals surface area contributed by atoms with Crippen molar-refractivity contribution in [2.45, 2.75) is 53.0 Å². The third-order valence-electron chi connectivity index (χ3n) is 5.94. The van der Waals surface area contributed by atoms with Crippen molar-refractivity contribution in [2.24, 2.45) is 0 Å². The fourth-order valence-electron chi connectivity index (χ4n) is 3.93. The summed E-state index contributed by atoms with van der Waals surface area (Å²) in [5.74, 6) is 0.308. The van der Waals surface area contributed by atoms with E-state index in [2.05, 4.69) is 12.2 Å². The van der Waals surface area contributed by atoms with Gasteiger partial charge in [0.15, 0.2) is 0 Å². The van der Waals surface area contributed by atoms with E-state index in [0.717, 1.165) is 36.0 Å². The van der Waals surface area contributed by atoms with Crippen molar-refractivity contribution in [3.63, 3.8) is 0 Å². The van der Waals surface area contributed by atoms with Crippen molar-refractivity contribution in [2.75, 3.05) is 11.9 Å². The fourth-order valence-corrected chi connectivity index (χ4v) is 5.16. The number of pyridine rings is 1. The minimum atomic E-state index is -0.210. The number of carbonyl (C=O) groups excluding carboxylic acids is 1. The Labute approximate surface area is 215 Å². The second-order valence-corrected chi connectivity index (χ2v) is 10.5. The number of fused-ring (bicyclic) bond motifs is 1. The van der Waals surface area contributed by atoms with Crippen LogP contribution in [0.2, 0.25) is 0 Å². The molecule has 182 valence electrons. The Morgan fingerprint density at radius 2 is 1.77 bits per heavy atom. The van der Waals surface area contributed by atoms with E-state index in [1.165, 1.54) is 22.6 Å². The number of aryl methyl sites for hydroxylation is 2. The Hall–Kier alpha value is -2.97. The third kappa shape index (κ3) is 5.82. The van der Waals surface area contributed by atoms with Crippen LogP contribution in [-0.2, 0) is 11.3 Å². The van der Waals surface area contributed by atoms with E-state index in [1.807, 2.05) is 50.2 Å². The first-order valence-electron chi connectivity index (χ1n) is 11.9. The van der Waals surface area contributed by atoms with Crippen LogP contribution in [0.1, 0.15) is 54.9 Å². The third-order valence-corrected chi connectivity index (χ3v) is 7.32. The van der Waals surface area contributed by atoms with Crippen LogP contribution in [0.5, 0.6) is 0 Å². The normalized spacial score (nSPS) is 14.9. The molecule has 3 aromatic rings. The largest absolute Gasteiger partial charge is 0.369 e. The summed E-state index contributed by atoms with van der Waals surface area (Å²) in [6.45, 7) is 7.25. The van der Waals surface area contributed by atoms with Crippen LogP contribution in [-0.4, -0.2) is 31.1 Å². The van der Waals surface area contributed by atoms with Gasteiger partial charge in [0.1, 0.15) is 15.8 Å². The molecule has 0 bridgehead atoms. The molecule has 0 aliphatic carbocycles. The average Bonchev–Trinajstić information content (AvgIpc) is 3.10. The number of amides is 1. The zero-order valence-electron chi connectivity index (χ0n) is 20.3. The highest BCUT2D eigenvalue weighted by atomic mass is 32.2. The summed E-state index contributed by atoms with van der Waals surface area (Å²) in [7, 11) is 0. The van der Waals surface area contributed by atoms with Gasteiger partial charge in [-0.15, -0.1) is 0 Å². The van der Waals surface area contributed by atoms with Crippen molar-refractivity contribution in [1.82, 2.24) is 14.3 Å². The van der Waals surface area contributed by atoms with Crippen LogP contribution in [0.4, 0.5) is 5.82 Å². The maximum atomic E-state index is 13.5. The number of anilines is 1. The van der Waals surface area contributed by atoms with E-state index in [-0.39, 0.29) is 11.5 Å². The smallest absolute Gasteiger partial charge is 0.267 e. The Bertz CT molecular complexity index is 1350. The molecule has 4 rings (SSSR count). The number of nitrogens with zero attached hydrogens (tertiary/aromatic N) is 3. The molecule has 1 amide bonds. The molecule has 1 fully saturated rings. The lowest BCUT2D eigenvalue weighted by molar-refractivity contribution is -0.122. The summed E-state index contributed by atoms with van der Waals surface area (Å²) in [6.07, 6.45) is 7.85. The zero-order valence-corrected chi connectivity index (χ0v) is 22.0. The van der Waals surface area contributed by atoms with E-state index in [4.69, 9.17) is 17.2 Å². The van der Waals surface area contributed by atoms with Crippen molar-refractivity contribution in [1.29, 1.82) is 0 Å². The minimum Gasteiger partial charge on any atom is -0.369 e. The Kier molecular flexibility index (Phi) is 8.03. The van der Waals surface area contributed by atoms with Gasteiger partial charge in [-0.3, -0.25) is 18.9 Å². The maximum Gasteiger partial charge on any atom is 0.267 e. The minimum absolute atomic E-state index is 0.191. The van der Waals surface area contributed by atoms with Crippen LogP contribution in [0.25, 0.3) is 11.7 Å². The molecule has 1 saturated heterocycles. The van der Waals surface area contributed by atoms with E-state index >= 15 is 0 Å². The number of unbranched alkanes of at least 4 members (excludes halogenated alkanes) is 3. The first-order chi connectivity index (χ1) is 16.9. The van der Waals surface area contributed by atoms with Crippen molar-refractivity contribution in [3.05, 3.63) is 80.1 Å². The molecule has 0 saturated carbocycles. The van der Waals surface area contributed by atoms with E-state index in [9.17, 15) is 9.59 Å². The summed E-state index contributed by atoms with van der Waals surface area (Å²) in [4.78, 5) is 33.5. The van der Waals surface area contributed by atoms with Gasteiger partial charge in [-0.1, -0.05) is 86.1 Å². The van der Waals surface area contributed by atoms with Crippen LogP contribution < -0.4 is 10.9 Å². The standard InChI is InChI=1S/C27H30N4O2S2/c1-4-5-6-7-14-28-24-21(25(32)30-16-19(3)10-13-23(30)29-24)15-22-26(33)31(27(34)35-22)17-20-11-8-18(2)9-12-20/h8-13,15-16,28H,4-7,14,17H2,1-3H3/b22-15+. The molecule has 2 aromatic heterocycles. The van der Waals surface area contributed by atoms with E-state index in [1.54, 1.807) is 17.2 Å². The van der Waals surface area contributed by atoms with Gasteiger partial charge in [0.25, 0.3) is 11.5 Å². The number of hydrogen-bond donors (Lipinski definition) is 1. The van der Waals surface area contributed by atoms with E-state index in [0.29, 0.717) is 39.3 Å². The Balaban J connectivity index is 1.67. The van der Waals surface area contributed by atoms with Crippen LogP contribution in [0.3, 0.4) is 0 Å². The highest BCUT2D eigenvalue weighted by Crippen LogP contribution is 2.34. The fraction of sp³-hybridized carbons (Fsp3) is 0.333. The summed E-state index contributed by atoms with van der Waals surface area (Å²) >= 11 is 6.74. The first kappa shape index (κ1) is 25.1. The molecule has 1 N–H and O–H groups in total. The first-order valence-corrected chi connectivity index (χ1v) is 13.2. The number of carbonyl (C=O) groups is 1. The van der Waals surface area contributed by atoms with Gasteiger partial charge in [-0.2, -0.15) is 0 Å². The van der Waals surface area contributed by atoms with Gasteiger partial charge < -0.3 is 5.32 Å². The average molecular weight is 507 g/mol. The van der Waals surface area contributed by atoms with E-state index < -0.39 is 0 Å². The summed E-state index contributed by atoms with van der Waals surface area (Å²) in [5.41, 5.74) is 3.86. The molecular weight excluding hydrogens is 476 g/mol. The highest BCUT2D eigenvalue weighted by molar-refractivity contribution is 8.26. The Morgan fingerprint density at radius 3 is 2.51 bits per heavy atom. The molecule has 0 atom stereocenters. The Morgan fingerprint density at radius 1 is 1.03 bits per heavy atom. The lowest BCUT2D eigenvalue weighted by Gasteiger charge is -2.14. The predicted octanol–water partition coefficient (Wildman–Crippen LogP) is 5.70. The predicted molar refractivity (Wildman–Crippen MR) is 149 cm³/mol. The molecule has 0 unspecified atom stereocenters. The number of thiocarbonyl (C=S) groups is 1. The number of rotatable bonds is 9. The summed E-state index contributed by atoms with van der Waals surface area (Å²) in [5, 5.41) is 3.34. The number of benzene rings is 1.